The first-order chi connectivity index (χ1) is 11.9. The second kappa shape index (κ2) is 7.19. The Morgan fingerprint density at radius 2 is 2.00 bits per heavy atom. The Morgan fingerprint density at radius 1 is 1.28 bits per heavy atom. The zero-order chi connectivity index (χ0) is 18.0. The number of aromatic nitrogens is 1. The zero-order valence-electron chi connectivity index (χ0n) is 14.0. The van der Waals surface area contributed by atoms with Crippen LogP contribution in [-0.2, 0) is 4.79 Å². The Balaban J connectivity index is 2.03. The lowest BCUT2D eigenvalue weighted by atomic mass is 9.69. The van der Waals surface area contributed by atoms with E-state index in [0.717, 1.165) is 11.3 Å². The van der Waals surface area contributed by atoms with Gasteiger partial charge >= 0.3 is 0 Å². The minimum Gasteiger partial charge on any atom is -0.348 e. The fraction of sp³-hybridized carbons (Fsp3) is 0.300. The lowest BCUT2D eigenvalue weighted by molar-refractivity contribution is -0.134. The van der Waals surface area contributed by atoms with E-state index in [4.69, 9.17) is 23.2 Å². The maximum absolute atomic E-state index is 12.8. The maximum atomic E-state index is 12.8. The predicted octanol–water partition coefficient (Wildman–Crippen LogP) is 5.32. The number of pyridine rings is 1. The van der Waals surface area contributed by atoms with Gasteiger partial charge in [0.05, 0.1) is 11.5 Å². The van der Waals surface area contributed by atoms with Crippen molar-refractivity contribution in [2.24, 2.45) is 5.41 Å². The highest BCUT2D eigenvalue weighted by atomic mass is 35.5. The Kier molecular flexibility index (Phi) is 5.16. The molecule has 2 aromatic rings. The smallest absolute Gasteiger partial charge is 0.226 e. The van der Waals surface area contributed by atoms with E-state index >= 15 is 0 Å². The van der Waals surface area contributed by atoms with E-state index in [1.54, 1.807) is 18.3 Å². The molecular formula is C20H20Cl2N2O. The predicted molar refractivity (Wildman–Crippen MR) is 102 cm³/mol. The summed E-state index contributed by atoms with van der Waals surface area (Å²) in [5.74, 6) is 0.0492. The van der Waals surface area contributed by atoms with E-state index in [1.807, 2.05) is 37.3 Å². The molecule has 1 aromatic carbocycles. The molecule has 1 N–H and O–H groups in total. The SMILES string of the molecule is C=CC[C@@]1(C)CC(c2cc(Cl)ccn2)[C@@H](c2ccc(Cl)cc2)NC1=O. The van der Waals surface area contributed by atoms with Crippen LogP contribution >= 0.6 is 23.2 Å². The number of hydrogen-bond acceptors (Lipinski definition) is 2. The number of rotatable bonds is 4. The average molecular weight is 375 g/mol. The van der Waals surface area contributed by atoms with Gasteiger partial charge in [-0.05, 0) is 42.7 Å². The Morgan fingerprint density at radius 3 is 2.64 bits per heavy atom. The van der Waals surface area contributed by atoms with Crippen LogP contribution in [-0.4, -0.2) is 10.9 Å². The Hall–Kier alpha value is -1.84. The van der Waals surface area contributed by atoms with Crippen molar-refractivity contribution in [3.63, 3.8) is 0 Å². The van der Waals surface area contributed by atoms with Gasteiger partial charge in [-0.3, -0.25) is 9.78 Å². The molecule has 0 radical (unpaired) electrons. The van der Waals surface area contributed by atoms with Crippen molar-refractivity contribution in [1.29, 1.82) is 0 Å². The van der Waals surface area contributed by atoms with E-state index in [1.165, 1.54) is 0 Å². The van der Waals surface area contributed by atoms with Crippen LogP contribution in [0.5, 0.6) is 0 Å². The highest BCUT2D eigenvalue weighted by Crippen LogP contribution is 2.46. The van der Waals surface area contributed by atoms with Crippen molar-refractivity contribution in [3.05, 3.63) is 76.6 Å². The molecule has 1 amide bonds. The quantitative estimate of drug-likeness (QED) is 0.736. The van der Waals surface area contributed by atoms with Gasteiger partial charge in [0, 0.05) is 27.9 Å². The Bertz CT molecular complexity index is 791. The summed E-state index contributed by atoms with van der Waals surface area (Å²) in [6.45, 7) is 5.77. The fourth-order valence-electron chi connectivity index (χ4n) is 3.49. The van der Waals surface area contributed by atoms with Crippen molar-refractivity contribution in [2.75, 3.05) is 0 Å². The van der Waals surface area contributed by atoms with Crippen molar-refractivity contribution in [1.82, 2.24) is 10.3 Å². The lowest BCUT2D eigenvalue weighted by Gasteiger charge is -2.42. The monoisotopic (exact) mass is 374 g/mol. The summed E-state index contributed by atoms with van der Waals surface area (Å²) in [7, 11) is 0. The average Bonchev–Trinajstić information content (AvgIpc) is 2.58. The van der Waals surface area contributed by atoms with Gasteiger partial charge in [0.15, 0.2) is 0 Å². The normalized spacial score (nSPS) is 26.1. The van der Waals surface area contributed by atoms with Gasteiger partial charge in [-0.2, -0.15) is 0 Å². The van der Waals surface area contributed by atoms with Crippen LogP contribution in [0.15, 0.2) is 55.3 Å². The van der Waals surface area contributed by atoms with Gasteiger partial charge in [-0.15, -0.1) is 6.58 Å². The van der Waals surface area contributed by atoms with Crippen LogP contribution in [0.1, 0.15) is 43.0 Å². The second-order valence-corrected chi connectivity index (χ2v) is 7.64. The van der Waals surface area contributed by atoms with Gasteiger partial charge in [0.25, 0.3) is 0 Å². The molecule has 0 bridgehead atoms. The molecule has 1 fully saturated rings. The fourth-order valence-corrected chi connectivity index (χ4v) is 3.79. The summed E-state index contributed by atoms with van der Waals surface area (Å²) in [6.07, 6.45) is 4.79. The summed E-state index contributed by atoms with van der Waals surface area (Å²) < 4.78 is 0. The lowest BCUT2D eigenvalue weighted by Crippen LogP contribution is -2.49. The third-order valence-corrected chi connectivity index (χ3v) is 5.34. The molecule has 25 heavy (non-hydrogen) atoms. The molecule has 3 nitrogen and oxygen atoms in total. The van der Waals surface area contributed by atoms with Crippen LogP contribution in [0.2, 0.25) is 10.0 Å². The molecule has 1 aliphatic rings. The molecule has 2 heterocycles. The number of hydrogen-bond donors (Lipinski definition) is 1. The van der Waals surface area contributed by atoms with Gasteiger partial charge < -0.3 is 5.32 Å². The van der Waals surface area contributed by atoms with Gasteiger partial charge in [0.2, 0.25) is 5.91 Å². The number of carbonyl (C=O) groups is 1. The van der Waals surface area contributed by atoms with Crippen LogP contribution < -0.4 is 5.32 Å². The molecule has 1 saturated heterocycles. The number of halogens is 2. The van der Waals surface area contributed by atoms with Crippen molar-refractivity contribution >= 4 is 29.1 Å². The number of amides is 1. The summed E-state index contributed by atoms with van der Waals surface area (Å²) in [5.41, 5.74) is 1.37. The standard InChI is InChI=1S/C20H20Cl2N2O/c1-3-9-20(2)12-16(17-11-15(22)8-10-23-17)18(24-19(20)25)13-4-6-14(21)7-5-13/h3-8,10-11,16,18H,1,9,12H2,2H3,(H,24,25)/t16?,18-,20+/m1/s1. The summed E-state index contributed by atoms with van der Waals surface area (Å²) >= 11 is 12.2. The highest BCUT2D eigenvalue weighted by Gasteiger charge is 2.44. The number of carbonyl (C=O) groups excluding carboxylic acids is 1. The topological polar surface area (TPSA) is 42.0 Å². The molecule has 1 aliphatic heterocycles. The summed E-state index contributed by atoms with van der Waals surface area (Å²) in [4.78, 5) is 17.3. The van der Waals surface area contributed by atoms with E-state index in [-0.39, 0.29) is 17.9 Å². The molecule has 0 saturated carbocycles. The minimum atomic E-state index is -0.515. The molecule has 0 aliphatic carbocycles. The number of allylic oxidation sites excluding steroid dienone is 1. The van der Waals surface area contributed by atoms with Crippen LogP contribution in [0.3, 0.4) is 0 Å². The number of benzene rings is 1. The Labute approximate surface area is 158 Å². The van der Waals surface area contributed by atoms with Gasteiger partial charge in [0.1, 0.15) is 0 Å². The van der Waals surface area contributed by atoms with E-state index in [2.05, 4.69) is 16.9 Å². The zero-order valence-corrected chi connectivity index (χ0v) is 15.5. The number of nitrogens with zero attached hydrogens (tertiary/aromatic N) is 1. The van der Waals surface area contributed by atoms with E-state index in [9.17, 15) is 4.79 Å². The van der Waals surface area contributed by atoms with E-state index in [0.29, 0.717) is 22.9 Å². The number of nitrogens with one attached hydrogen (secondary N) is 1. The highest BCUT2D eigenvalue weighted by molar-refractivity contribution is 6.30. The molecule has 3 rings (SSSR count). The first kappa shape index (κ1) is 18.0. The maximum Gasteiger partial charge on any atom is 0.226 e. The number of piperidine rings is 1. The summed E-state index contributed by atoms with van der Waals surface area (Å²) in [6, 6.07) is 11.0. The van der Waals surface area contributed by atoms with Crippen molar-refractivity contribution in [3.8, 4) is 0 Å². The molecule has 3 atom stereocenters. The summed E-state index contributed by atoms with van der Waals surface area (Å²) in [5, 5.41) is 4.49. The van der Waals surface area contributed by atoms with Crippen molar-refractivity contribution < 1.29 is 4.79 Å². The van der Waals surface area contributed by atoms with Crippen LogP contribution in [0, 0.1) is 5.41 Å². The van der Waals surface area contributed by atoms with Crippen LogP contribution in [0.4, 0.5) is 0 Å². The van der Waals surface area contributed by atoms with Crippen LogP contribution in [0.25, 0.3) is 0 Å². The molecule has 130 valence electrons. The van der Waals surface area contributed by atoms with Gasteiger partial charge in [-0.1, -0.05) is 48.3 Å². The first-order valence-corrected chi connectivity index (χ1v) is 8.97. The third kappa shape index (κ3) is 3.73. The minimum absolute atomic E-state index is 0.0162. The second-order valence-electron chi connectivity index (χ2n) is 6.77. The largest absolute Gasteiger partial charge is 0.348 e. The molecular weight excluding hydrogens is 355 g/mol. The third-order valence-electron chi connectivity index (χ3n) is 4.85. The molecule has 1 aromatic heterocycles. The molecule has 1 unspecified atom stereocenters. The van der Waals surface area contributed by atoms with E-state index < -0.39 is 5.41 Å². The van der Waals surface area contributed by atoms with Crippen molar-refractivity contribution in [2.45, 2.75) is 31.7 Å². The molecule has 5 heteroatoms. The van der Waals surface area contributed by atoms with Gasteiger partial charge in [-0.25, -0.2) is 0 Å². The first-order valence-electron chi connectivity index (χ1n) is 8.22. The molecule has 0 spiro atoms.